The van der Waals surface area contributed by atoms with E-state index in [1.54, 1.807) is 42.7 Å². The number of carboxylic acids is 1. The maximum absolute atomic E-state index is 15.9. The number of hydrogen-bond donors (Lipinski definition) is 4. The topological polar surface area (TPSA) is 126 Å². The second-order valence-electron chi connectivity index (χ2n) is 9.03. The highest BCUT2D eigenvalue weighted by molar-refractivity contribution is 5.95. The molecule has 0 bridgehead atoms. The van der Waals surface area contributed by atoms with Gasteiger partial charge in [-0.1, -0.05) is 31.2 Å². The summed E-state index contributed by atoms with van der Waals surface area (Å²) < 4.78 is 21.5. The van der Waals surface area contributed by atoms with E-state index in [0.717, 1.165) is 16.3 Å². The molecule has 0 aliphatic heterocycles. The standard InChI is InChI=1S/C30H28FN5O3/c1-3-17-13-23(26(31)25(14-17)39-4-2)27(35-19-9-10-20-18(15-19)11-12-33-28(20)32)29-34-16-24(36-29)21-7-5-6-8-22(21)30(37)38/h5-16,27,35H,3-4H2,1-2H3,(H2,32,33)(H,34,36)(H,37,38). The number of nitrogens with two attached hydrogens (primary N) is 1. The van der Waals surface area contributed by atoms with Crippen LogP contribution in [-0.2, 0) is 6.42 Å². The van der Waals surface area contributed by atoms with Gasteiger partial charge in [0, 0.05) is 28.4 Å². The second-order valence-corrected chi connectivity index (χ2v) is 9.03. The summed E-state index contributed by atoms with van der Waals surface area (Å²) in [5.74, 6) is -0.548. The number of carboxylic acid groups (broad SMARTS) is 1. The molecule has 1 unspecified atom stereocenters. The number of imidazole rings is 1. The highest BCUT2D eigenvalue weighted by Crippen LogP contribution is 2.35. The van der Waals surface area contributed by atoms with Gasteiger partial charge in [0.15, 0.2) is 11.6 Å². The molecule has 0 aliphatic carbocycles. The first-order valence-electron chi connectivity index (χ1n) is 12.6. The van der Waals surface area contributed by atoms with Crippen molar-refractivity contribution in [3.05, 3.63) is 101 Å². The van der Waals surface area contributed by atoms with E-state index < -0.39 is 17.8 Å². The van der Waals surface area contributed by atoms with Crippen LogP contribution in [0, 0.1) is 5.82 Å². The Morgan fingerprint density at radius 2 is 1.95 bits per heavy atom. The summed E-state index contributed by atoms with van der Waals surface area (Å²) in [6, 6.07) is 16.9. The maximum Gasteiger partial charge on any atom is 0.336 e. The molecule has 3 aromatic carbocycles. The first kappa shape index (κ1) is 25.7. The Balaban J connectivity index is 1.64. The minimum atomic E-state index is -1.05. The molecule has 5 aromatic rings. The van der Waals surface area contributed by atoms with Crippen molar-refractivity contribution in [3.63, 3.8) is 0 Å². The number of nitrogen functional groups attached to an aromatic ring is 1. The Labute approximate surface area is 224 Å². The van der Waals surface area contributed by atoms with Crippen LogP contribution >= 0.6 is 0 Å². The molecular weight excluding hydrogens is 497 g/mol. The molecule has 8 nitrogen and oxygen atoms in total. The zero-order valence-corrected chi connectivity index (χ0v) is 21.5. The molecule has 2 aromatic heterocycles. The molecule has 9 heteroatoms. The van der Waals surface area contributed by atoms with Gasteiger partial charge >= 0.3 is 5.97 Å². The van der Waals surface area contributed by atoms with Crippen LogP contribution in [0.25, 0.3) is 22.0 Å². The van der Waals surface area contributed by atoms with Crippen molar-refractivity contribution in [1.29, 1.82) is 0 Å². The van der Waals surface area contributed by atoms with Crippen molar-refractivity contribution in [1.82, 2.24) is 15.0 Å². The Hall–Kier alpha value is -4.92. The third-order valence-corrected chi connectivity index (χ3v) is 6.57. The number of benzene rings is 3. The number of carbonyl (C=O) groups is 1. The monoisotopic (exact) mass is 525 g/mol. The predicted molar refractivity (Wildman–Crippen MR) is 150 cm³/mol. The highest BCUT2D eigenvalue weighted by atomic mass is 19.1. The van der Waals surface area contributed by atoms with Gasteiger partial charge < -0.3 is 25.9 Å². The fraction of sp³-hybridized carbons (Fsp3) is 0.167. The number of fused-ring (bicyclic) bond motifs is 1. The maximum atomic E-state index is 15.9. The van der Waals surface area contributed by atoms with Crippen LogP contribution in [-0.4, -0.2) is 32.6 Å². The highest BCUT2D eigenvalue weighted by Gasteiger charge is 2.25. The van der Waals surface area contributed by atoms with Crippen LogP contribution in [0.4, 0.5) is 15.9 Å². The van der Waals surface area contributed by atoms with Gasteiger partial charge in [-0.2, -0.15) is 0 Å². The van der Waals surface area contributed by atoms with Gasteiger partial charge in [0.1, 0.15) is 17.7 Å². The van der Waals surface area contributed by atoms with Crippen LogP contribution in [0.15, 0.2) is 73.1 Å². The number of rotatable bonds is 9. The minimum absolute atomic E-state index is 0.135. The van der Waals surface area contributed by atoms with E-state index in [-0.39, 0.29) is 11.3 Å². The van der Waals surface area contributed by atoms with Gasteiger partial charge in [0.2, 0.25) is 0 Å². The quantitative estimate of drug-likeness (QED) is 0.180. The van der Waals surface area contributed by atoms with E-state index in [4.69, 9.17) is 10.5 Å². The molecule has 2 heterocycles. The van der Waals surface area contributed by atoms with Crippen LogP contribution < -0.4 is 15.8 Å². The largest absolute Gasteiger partial charge is 0.491 e. The van der Waals surface area contributed by atoms with E-state index in [2.05, 4.69) is 20.3 Å². The number of hydrogen-bond acceptors (Lipinski definition) is 6. The fourth-order valence-electron chi connectivity index (χ4n) is 4.63. The van der Waals surface area contributed by atoms with Crippen molar-refractivity contribution in [2.24, 2.45) is 0 Å². The minimum Gasteiger partial charge on any atom is -0.491 e. The Bertz CT molecular complexity index is 1670. The summed E-state index contributed by atoms with van der Waals surface area (Å²) in [5, 5.41) is 14.8. The molecule has 0 saturated heterocycles. The summed E-state index contributed by atoms with van der Waals surface area (Å²) >= 11 is 0. The molecule has 0 amide bonds. The van der Waals surface area contributed by atoms with Crippen LogP contribution in [0.1, 0.15) is 47.2 Å². The summed E-state index contributed by atoms with van der Waals surface area (Å²) in [6.07, 6.45) is 3.87. The van der Waals surface area contributed by atoms with Crippen molar-refractivity contribution in [2.75, 3.05) is 17.7 Å². The summed E-state index contributed by atoms with van der Waals surface area (Å²) in [5.41, 5.74) is 9.11. The lowest BCUT2D eigenvalue weighted by Crippen LogP contribution is -2.17. The van der Waals surface area contributed by atoms with Crippen molar-refractivity contribution >= 4 is 28.2 Å². The van der Waals surface area contributed by atoms with E-state index in [1.165, 1.54) is 6.07 Å². The average molecular weight is 526 g/mol. The Kier molecular flexibility index (Phi) is 7.14. The van der Waals surface area contributed by atoms with E-state index in [9.17, 15) is 9.90 Å². The fourth-order valence-corrected chi connectivity index (χ4v) is 4.63. The SMILES string of the molecule is CCOc1cc(CC)cc(C(Nc2ccc3c(N)nccc3c2)c2ncc(-c3ccccc3C(=O)O)[nH]2)c1F. The number of nitrogens with one attached hydrogen (secondary N) is 2. The molecule has 39 heavy (non-hydrogen) atoms. The number of H-pyrrole nitrogens is 1. The number of aromatic nitrogens is 3. The number of halogens is 1. The first-order chi connectivity index (χ1) is 18.9. The molecule has 0 fully saturated rings. The number of ether oxygens (including phenoxy) is 1. The zero-order valence-electron chi connectivity index (χ0n) is 21.5. The number of pyridine rings is 1. The van der Waals surface area contributed by atoms with E-state index in [0.29, 0.717) is 47.2 Å². The molecule has 5 N–H and O–H groups in total. The van der Waals surface area contributed by atoms with Gasteiger partial charge in [-0.15, -0.1) is 0 Å². The van der Waals surface area contributed by atoms with Gasteiger partial charge in [0.05, 0.1) is 24.1 Å². The van der Waals surface area contributed by atoms with E-state index >= 15 is 4.39 Å². The molecule has 0 spiro atoms. The van der Waals surface area contributed by atoms with Gasteiger partial charge in [-0.05, 0) is 60.7 Å². The first-order valence-corrected chi connectivity index (χ1v) is 12.6. The van der Waals surface area contributed by atoms with Gasteiger partial charge in [0.25, 0.3) is 0 Å². The number of aromatic amines is 1. The van der Waals surface area contributed by atoms with Crippen LogP contribution in [0.3, 0.4) is 0 Å². The molecule has 0 saturated carbocycles. The third-order valence-electron chi connectivity index (χ3n) is 6.57. The van der Waals surface area contributed by atoms with Gasteiger partial charge in [-0.3, -0.25) is 0 Å². The lowest BCUT2D eigenvalue weighted by molar-refractivity contribution is 0.0697. The molecule has 5 rings (SSSR count). The average Bonchev–Trinajstić information content (AvgIpc) is 3.43. The molecular formula is C30H28FN5O3. The molecule has 0 radical (unpaired) electrons. The second kappa shape index (κ2) is 10.8. The van der Waals surface area contributed by atoms with Crippen molar-refractivity contribution in [3.8, 4) is 17.0 Å². The molecule has 0 aliphatic rings. The number of anilines is 2. The summed E-state index contributed by atoms with van der Waals surface area (Å²) in [6.45, 7) is 4.12. The van der Waals surface area contributed by atoms with Gasteiger partial charge in [-0.25, -0.2) is 19.2 Å². The van der Waals surface area contributed by atoms with E-state index in [1.807, 2.05) is 38.1 Å². The lowest BCUT2D eigenvalue weighted by atomic mass is 9.99. The summed E-state index contributed by atoms with van der Waals surface area (Å²) in [7, 11) is 0. The zero-order chi connectivity index (χ0) is 27.5. The number of aromatic carboxylic acids is 1. The molecule has 198 valence electrons. The smallest absolute Gasteiger partial charge is 0.336 e. The van der Waals surface area contributed by atoms with Crippen LogP contribution in [0.2, 0.25) is 0 Å². The normalized spacial score (nSPS) is 11.9. The van der Waals surface area contributed by atoms with Crippen molar-refractivity contribution in [2.45, 2.75) is 26.3 Å². The van der Waals surface area contributed by atoms with Crippen molar-refractivity contribution < 1.29 is 19.0 Å². The Morgan fingerprint density at radius 1 is 1.13 bits per heavy atom. The number of nitrogens with zero attached hydrogens (tertiary/aromatic N) is 2. The predicted octanol–water partition coefficient (Wildman–Crippen LogP) is 6.21. The number of aryl methyl sites for hydroxylation is 1. The Morgan fingerprint density at radius 3 is 2.72 bits per heavy atom. The summed E-state index contributed by atoms with van der Waals surface area (Å²) in [4.78, 5) is 23.8. The third kappa shape index (κ3) is 5.11. The lowest BCUT2D eigenvalue weighted by Gasteiger charge is -2.22. The van der Waals surface area contributed by atoms with Crippen LogP contribution in [0.5, 0.6) is 5.75 Å². The molecule has 1 atom stereocenters.